The van der Waals surface area contributed by atoms with Gasteiger partial charge in [-0.1, -0.05) is 24.3 Å². The number of hydrogen-bond donors (Lipinski definition) is 1. The smallest absolute Gasteiger partial charge is 0.244 e. The summed E-state index contributed by atoms with van der Waals surface area (Å²) < 4.78 is 13.8. The van der Waals surface area contributed by atoms with Gasteiger partial charge < -0.3 is 10.2 Å². The molecular weight excluding hydrogens is 307 g/mol. The molecular formula is C19H19FN2O2. The third-order valence-corrected chi connectivity index (χ3v) is 4.12. The summed E-state index contributed by atoms with van der Waals surface area (Å²) in [7, 11) is 0. The van der Waals surface area contributed by atoms with Gasteiger partial charge in [0.2, 0.25) is 11.8 Å². The first kappa shape index (κ1) is 16.2. The molecule has 5 heteroatoms. The third kappa shape index (κ3) is 3.45. The van der Waals surface area contributed by atoms with E-state index in [2.05, 4.69) is 5.32 Å². The van der Waals surface area contributed by atoms with E-state index >= 15 is 0 Å². The minimum absolute atomic E-state index is 0.0835. The molecule has 0 fully saturated rings. The first-order valence-corrected chi connectivity index (χ1v) is 7.99. The van der Waals surface area contributed by atoms with E-state index in [4.69, 9.17) is 0 Å². The molecule has 0 saturated carbocycles. The summed E-state index contributed by atoms with van der Waals surface area (Å²) in [5.41, 5.74) is 2.80. The summed E-state index contributed by atoms with van der Waals surface area (Å²) in [6.07, 6.45) is 1.98. The zero-order valence-electron chi connectivity index (χ0n) is 13.5. The summed E-state index contributed by atoms with van der Waals surface area (Å²) in [6.45, 7) is 1.70. The number of benzene rings is 2. The molecule has 1 aliphatic heterocycles. The number of amides is 2. The van der Waals surface area contributed by atoms with Crippen LogP contribution in [0.5, 0.6) is 0 Å². The van der Waals surface area contributed by atoms with Crippen LogP contribution in [-0.2, 0) is 16.0 Å². The lowest BCUT2D eigenvalue weighted by atomic mass is 10.1. The van der Waals surface area contributed by atoms with Crippen molar-refractivity contribution in [2.45, 2.75) is 26.2 Å². The van der Waals surface area contributed by atoms with Gasteiger partial charge in [-0.3, -0.25) is 9.59 Å². The number of halogens is 1. The molecule has 124 valence electrons. The predicted octanol–water partition coefficient (Wildman–Crippen LogP) is 3.44. The second kappa shape index (κ2) is 6.83. The molecule has 0 bridgehead atoms. The molecule has 0 atom stereocenters. The number of carbonyl (C=O) groups excluding carboxylic acids is 2. The summed E-state index contributed by atoms with van der Waals surface area (Å²) in [6, 6.07) is 12.1. The van der Waals surface area contributed by atoms with E-state index in [1.165, 1.54) is 11.0 Å². The average Bonchev–Trinajstić information content (AvgIpc) is 2.71. The summed E-state index contributed by atoms with van der Waals surface area (Å²) in [4.78, 5) is 26.2. The highest BCUT2D eigenvalue weighted by atomic mass is 19.1. The van der Waals surface area contributed by atoms with E-state index < -0.39 is 11.7 Å². The monoisotopic (exact) mass is 326 g/mol. The molecule has 0 saturated heterocycles. The van der Waals surface area contributed by atoms with E-state index in [1.54, 1.807) is 12.1 Å². The number of rotatable bonds is 3. The molecule has 0 aliphatic carbocycles. The molecule has 2 aromatic carbocycles. The maximum Gasteiger partial charge on any atom is 0.244 e. The number of carbonyl (C=O) groups is 2. The summed E-state index contributed by atoms with van der Waals surface area (Å²) in [5, 5.41) is 2.56. The van der Waals surface area contributed by atoms with Crippen LogP contribution in [-0.4, -0.2) is 18.4 Å². The molecule has 1 N–H and O–H groups in total. The Bertz CT molecular complexity index is 789. The van der Waals surface area contributed by atoms with Gasteiger partial charge in [0, 0.05) is 12.1 Å². The van der Waals surface area contributed by atoms with Crippen molar-refractivity contribution in [3.05, 3.63) is 59.4 Å². The second-order valence-corrected chi connectivity index (χ2v) is 5.99. The molecule has 1 aliphatic rings. The lowest BCUT2D eigenvalue weighted by molar-refractivity contribution is -0.121. The minimum atomic E-state index is -0.489. The highest BCUT2D eigenvalue weighted by Crippen LogP contribution is 2.26. The second-order valence-electron chi connectivity index (χ2n) is 5.99. The molecule has 3 rings (SSSR count). The number of para-hydroxylation sites is 1. The first-order chi connectivity index (χ1) is 11.5. The van der Waals surface area contributed by atoms with Gasteiger partial charge in [0.05, 0.1) is 5.69 Å². The van der Waals surface area contributed by atoms with Crippen LogP contribution in [0.3, 0.4) is 0 Å². The Kier molecular flexibility index (Phi) is 4.60. The van der Waals surface area contributed by atoms with E-state index in [0.29, 0.717) is 6.42 Å². The van der Waals surface area contributed by atoms with Crippen molar-refractivity contribution in [3.8, 4) is 0 Å². The highest BCUT2D eigenvalue weighted by molar-refractivity contribution is 6.03. The van der Waals surface area contributed by atoms with E-state index in [0.717, 1.165) is 29.7 Å². The lowest BCUT2D eigenvalue weighted by Gasteiger charge is -2.22. The van der Waals surface area contributed by atoms with Crippen LogP contribution in [0.25, 0.3) is 0 Å². The molecule has 24 heavy (non-hydrogen) atoms. The van der Waals surface area contributed by atoms with Crippen molar-refractivity contribution in [1.82, 2.24) is 0 Å². The van der Waals surface area contributed by atoms with E-state index in [9.17, 15) is 14.0 Å². The lowest BCUT2D eigenvalue weighted by Crippen LogP contribution is -2.37. The zero-order valence-corrected chi connectivity index (χ0v) is 13.5. The standard InChI is InChI=1S/C19H19FN2O2/c1-13-9-10-15(20)16(11-13)21-18(23)12-22-17-7-3-2-5-14(17)6-4-8-19(22)24/h2-3,5,7,9-11H,4,6,8,12H2,1H3,(H,21,23). The Balaban J connectivity index is 1.80. The fraction of sp³-hybridized carbons (Fsp3) is 0.263. The highest BCUT2D eigenvalue weighted by Gasteiger charge is 2.24. The van der Waals surface area contributed by atoms with Gasteiger partial charge in [-0.15, -0.1) is 0 Å². The number of fused-ring (bicyclic) bond motifs is 1. The Morgan fingerprint density at radius 3 is 2.83 bits per heavy atom. The molecule has 2 amide bonds. The van der Waals surface area contributed by atoms with Gasteiger partial charge in [0.1, 0.15) is 12.4 Å². The topological polar surface area (TPSA) is 49.4 Å². The number of aryl methyl sites for hydroxylation is 2. The van der Waals surface area contributed by atoms with Crippen molar-refractivity contribution in [2.24, 2.45) is 0 Å². The van der Waals surface area contributed by atoms with Crippen LogP contribution < -0.4 is 10.2 Å². The van der Waals surface area contributed by atoms with Crippen LogP contribution in [0.1, 0.15) is 24.0 Å². The van der Waals surface area contributed by atoms with Gasteiger partial charge in [-0.2, -0.15) is 0 Å². The van der Waals surface area contributed by atoms with E-state index in [-0.39, 0.29) is 18.1 Å². The Morgan fingerprint density at radius 1 is 1.21 bits per heavy atom. The maximum absolute atomic E-state index is 13.8. The molecule has 0 spiro atoms. The van der Waals surface area contributed by atoms with Gasteiger partial charge in [-0.25, -0.2) is 4.39 Å². The number of nitrogens with one attached hydrogen (secondary N) is 1. The zero-order chi connectivity index (χ0) is 17.1. The Hall–Kier alpha value is -2.69. The van der Waals surface area contributed by atoms with Crippen LogP contribution in [0, 0.1) is 12.7 Å². The molecule has 0 unspecified atom stereocenters. The average molecular weight is 326 g/mol. The van der Waals surface area contributed by atoms with Gasteiger partial charge in [-0.05, 0) is 49.1 Å². The Labute approximate surface area is 140 Å². The molecule has 0 aromatic heterocycles. The molecule has 1 heterocycles. The maximum atomic E-state index is 13.8. The largest absolute Gasteiger partial charge is 0.322 e. The van der Waals surface area contributed by atoms with E-state index in [1.807, 2.05) is 31.2 Å². The van der Waals surface area contributed by atoms with Crippen molar-refractivity contribution >= 4 is 23.2 Å². The minimum Gasteiger partial charge on any atom is -0.322 e. The first-order valence-electron chi connectivity index (χ1n) is 7.99. The SMILES string of the molecule is Cc1ccc(F)c(NC(=O)CN2C(=O)CCCc3ccccc32)c1. The number of anilines is 2. The van der Waals surface area contributed by atoms with Crippen LogP contribution in [0.2, 0.25) is 0 Å². The van der Waals surface area contributed by atoms with Crippen molar-refractivity contribution in [3.63, 3.8) is 0 Å². The third-order valence-electron chi connectivity index (χ3n) is 4.12. The van der Waals surface area contributed by atoms with Crippen molar-refractivity contribution < 1.29 is 14.0 Å². The van der Waals surface area contributed by atoms with Crippen LogP contribution in [0.15, 0.2) is 42.5 Å². The fourth-order valence-electron chi connectivity index (χ4n) is 2.93. The fourth-order valence-corrected chi connectivity index (χ4v) is 2.93. The van der Waals surface area contributed by atoms with Gasteiger partial charge in [0.25, 0.3) is 0 Å². The number of hydrogen-bond acceptors (Lipinski definition) is 2. The van der Waals surface area contributed by atoms with Crippen LogP contribution >= 0.6 is 0 Å². The van der Waals surface area contributed by atoms with Gasteiger partial charge >= 0.3 is 0 Å². The predicted molar refractivity (Wildman–Crippen MR) is 91.5 cm³/mol. The van der Waals surface area contributed by atoms with Crippen LogP contribution in [0.4, 0.5) is 15.8 Å². The summed E-state index contributed by atoms with van der Waals surface area (Å²) >= 11 is 0. The van der Waals surface area contributed by atoms with Crippen molar-refractivity contribution in [2.75, 3.05) is 16.8 Å². The van der Waals surface area contributed by atoms with Crippen molar-refractivity contribution in [1.29, 1.82) is 0 Å². The Morgan fingerprint density at radius 2 is 2.00 bits per heavy atom. The number of nitrogens with zero attached hydrogens (tertiary/aromatic N) is 1. The summed E-state index contributed by atoms with van der Waals surface area (Å²) in [5.74, 6) is -0.985. The molecule has 2 aromatic rings. The normalized spacial score (nSPS) is 14.1. The quantitative estimate of drug-likeness (QED) is 0.939. The molecule has 0 radical (unpaired) electrons. The molecule has 4 nitrogen and oxygen atoms in total. The van der Waals surface area contributed by atoms with Gasteiger partial charge in [0.15, 0.2) is 0 Å².